The van der Waals surface area contributed by atoms with Crippen LogP contribution in [0.3, 0.4) is 0 Å². The minimum atomic E-state index is -1.06. The molecule has 0 saturated heterocycles. The van der Waals surface area contributed by atoms with E-state index in [4.69, 9.17) is 5.11 Å². The van der Waals surface area contributed by atoms with Crippen LogP contribution in [0.5, 0.6) is 0 Å². The number of aliphatic carboxylic acids is 1. The Hall–Kier alpha value is -1.89. The van der Waals surface area contributed by atoms with Crippen LogP contribution < -0.4 is 5.32 Å². The van der Waals surface area contributed by atoms with E-state index in [2.05, 4.69) is 16.9 Å². The average Bonchev–Trinajstić information content (AvgIpc) is 3.09. The van der Waals surface area contributed by atoms with Gasteiger partial charge < -0.3 is 10.0 Å². The molecule has 1 saturated carbocycles. The van der Waals surface area contributed by atoms with Gasteiger partial charge in [-0.15, -0.1) is 17.9 Å². The molecule has 2 amide bonds. The van der Waals surface area contributed by atoms with Crippen LogP contribution in [0.15, 0.2) is 18.0 Å². The topological polar surface area (TPSA) is 82.5 Å². The summed E-state index contributed by atoms with van der Waals surface area (Å²) in [4.78, 5) is 28.1. The number of aromatic nitrogens is 1. The third-order valence-electron chi connectivity index (χ3n) is 2.69. The second kappa shape index (κ2) is 5.83. The largest absolute Gasteiger partial charge is 0.480 e. The third kappa shape index (κ3) is 3.78. The van der Waals surface area contributed by atoms with Gasteiger partial charge in [-0.25, -0.2) is 9.78 Å². The van der Waals surface area contributed by atoms with E-state index in [9.17, 15) is 9.59 Å². The average molecular weight is 281 g/mol. The predicted molar refractivity (Wildman–Crippen MR) is 72.5 cm³/mol. The molecule has 0 aromatic carbocycles. The lowest BCUT2D eigenvalue weighted by molar-refractivity contribution is -0.137. The van der Waals surface area contributed by atoms with Gasteiger partial charge in [-0.2, -0.15) is 0 Å². The second-order valence-corrected chi connectivity index (χ2v) is 5.20. The van der Waals surface area contributed by atoms with Gasteiger partial charge in [0.15, 0.2) is 5.13 Å². The second-order valence-electron chi connectivity index (χ2n) is 4.34. The molecule has 102 valence electrons. The SMILES string of the molecule is C=CCN(CC(=O)O)C(=O)Nc1nc(C2CC2)cs1. The van der Waals surface area contributed by atoms with E-state index >= 15 is 0 Å². The van der Waals surface area contributed by atoms with Crippen molar-refractivity contribution in [2.24, 2.45) is 0 Å². The van der Waals surface area contributed by atoms with Gasteiger partial charge in [-0.3, -0.25) is 10.1 Å². The Morgan fingerprint density at radius 3 is 2.95 bits per heavy atom. The van der Waals surface area contributed by atoms with Crippen molar-refractivity contribution < 1.29 is 14.7 Å². The van der Waals surface area contributed by atoms with Crippen molar-refractivity contribution in [1.82, 2.24) is 9.88 Å². The molecule has 2 N–H and O–H groups in total. The van der Waals surface area contributed by atoms with Gasteiger partial charge in [0, 0.05) is 17.8 Å². The van der Waals surface area contributed by atoms with Crippen molar-refractivity contribution in [2.75, 3.05) is 18.4 Å². The maximum Gasteiger partial charge on any atom is 0.324 e. The summed E-state index contributed by atoms with van der Waals surface area (Å²) in [6.07, 6.45) is 3.79. The lowest BCUT2D eigenvalue weighted by Crippen LogP contribution is -2.38. The van der Waals surface area contributed by atoms with Crippen molar-refractivity contribution >= 4 is 28.5 Å². The first-order valence-electron chi connectivity index (χ1n) is 5.94. The van der Waals surface area contributed by atoms with Crippen LogP contribution >= 0.6 is 11.3 Å². The Labute approximate surface area is 114 Å². The van der Waals surface area contributed by atoms with E-state index in [-0.39, 0.29) is 13.1 Å². The highest BCUT2D eigenvalue weighted by Crippen LogP contribution is 2.40. The number of hydrogen-bond acceptors (Lipinski definition) is 4. The minimum Gasteiger partial charge on any atom is -0.480 e. The van der Waals surface area contributed by atoms with E-state index in [1.807, 2.05) is 5.38 Å². The molecule has 1 fully saturated rings. The molecule has 1 aromatic heterocycles. The van der Waals surface area contributed by atoms with Crippen LogP contribution in [0.2, 0.25) is 0 Å². The van der Waals surface area contributed by atoms with Crippen LogP contribution in [-0.4, -0.2) is 40.1 Å². The standard InChI is InChI=1S/C12H15N3O3S/c1-2-5-15(6-10(16)17)12(18)14-11-13-9(7-19-11)8-3-4-8/h2,7-8H,1,3-6H2,(H,16,17)(H,13,14,18). The highest BCUT2D eigenvalue weighted by Gasteiger charge is 2.26. The van der Waals surface area contributed by atoms with Crippen molar-refractivity contribution in [3.63, 3.8) is 0 Å². The molecule has 6 nitrogen and oxygen atoms in total. The van der Waals surface area contributed by atoms with Gasteiger partial charge in [0.05, 0.1) is 5.69 Å². The van der Waals surface area contributed by atoms with Gasteiger partial charge >= 0.3 is 12.0 Å². The molecule has 1 aromatic rings. The minimum absolute atomic E-state index is 0.180. The van der Waals surface area contributed by atoms with Crippen molar-refractivity contribution in [3.8, 4) is 0 Å². The summed E-state index contributed by atoms with van der Waals surface area (Å²) in [6.45, 7) is 3.32. The Morgan fingerprint density at radius 1 is 1.63 bits per heavy atom. The number of carboxylic acid groups (broad SMARTS) is 1. The maximum atomic E-state index is 11.9. The molecular weight excluding hydrogens is 266 g/mol. The zero-order valence-electron chi connectivity index (χ0n) is 10.3. The van der Waals surface area contributed by atoms with Crippen LogP contribution in [0.4, 0.5) is 9.93 Å². The predicted octanol–water partition coefficient (Wildman–Crippen LogP) is 2.12. The summed E-state index contributed by atoms with van der Waals surface area (Å²) in [5.41, 5.74) is 1.01. The fourth-order valence-electron chi connectivity index (χ4n) is 1.62. The smallest absolute Gasteiger partial charge is 0.324 e. The highest BCUT2D eigenvalue weighted by atomic mass is 32.1. The number of anilines is 1. The number of hydrogen-bond donors (Lipinski definition) is 2. The number of urea groups is 1. The molecule has 0 bridgehead atoms. The molecule has 19 heavy (non-hydrogen) atoms. The number of amides is 2. The first kappa shape index (κ1) is 13.5. The normalized spacial score (nSPS) is 13.9. The number of thiazole rings is 1. The molecule has 0 spiro atoms. The Kier molecular flexibility index (Phi) is 4.16. The third-order valence-corrected chi connectivity index (χ3v) is 3.47. The molecule has 0 radical (unpaired) electrons. The van der Waals surface area contributed by atoms with Gasteiger partial charge in [0.2, 0.25) is 0 Å². The summed E-state index contributed by atoms with van der Waals surface area (Å²) in [6, 6.07) is -0.473. The van der Waals surface area contributed by atoms with Gasteiger partial charge in [0.1, 0.15) is 6.54 Å². The Morgan fingerprint density at radius 2 is 2.37 bits per heavy atom. The van der Waals surface area contributed by atoms with Crippen molar-refractivity contribution in [3.05, 3.63) is 23.7 Å². The first-order valence-corrected chi connectivity index (χ1v) is 6.82. The summed E-state index contributed by atoms with van der Waals surface area (Å²) < 4.78 is 0. The zero-order chi connectivity index (χ0) is 13.8. The van der Waals surface area contributed by atoms with E-state index in [1.54, 1.807) is 0 Å². The van der Waals surface area contributed by atoms with E-state index in [0.29, 0.717) is 11.0 Å². The molecule has 0 atom stereocenters. The summed E-state index contributed by atoms with van der Waals surface area (Å²) in [5.74, 6) is -0.528. The van der Waals surface area contributed by atoms with Crippen LogP contribution in [-0.2, 0) is 4.79 Å². The number of carbonyl (C=O) groups excluding carboxylic acids is 1. The number of nitrogens with zero attached hydrogens (tertiary/aromatic N) is 2. The molecule has 0 aliphatic heterocycles. The maximum absolute atomic E-state index is 11.9. The van der Waals surface area contributed by atoms with E-state index in [0.717, 1.165) is 23.4 Å². The molecule has 7 heteroatoms. The van der Waals surface area contributed by atoms with Crippen molar-refractivity contribution in [1.29, 1.82) is 0 Å². The molecule has 1 aliphatic rings. The van der Waals surface area contributed by atoms with Crippen LogP contribution in [0, 0.1) is 0 Å². The number of carboxylic acids is 1. The van der Waals surface area contributed by atoms with Crippen molar-refractivity contribution in [2.45, 2.75) is 18.8 Å². The fraction of sp³-hybridized carbons (Fsp3) is 0.417. The zero-order valence-corrected chi connectivity index (χ0v) is 11.2. The highest BCUT2D eigenvalue weighted by molar-refractivity contribution is 7.13. The molecule has 1 aliphatic carbocycles. The lowest BCUT2D eigenvalue weighted by Gasteiger charge is -2.18. The molecule has 1 heterocycles. The molecule has 0 unspecified atom stereocenters. The fourth-order valence-corrected chi connectivity index (χ4v) is 2.40. The number of carbonyl (C=O) groups is 2. The Balaban J connectivity index is 1.96. The van der Waals surface area contributed by atoms with Crippen LogP contribution in [0.1, 0.15) is 24.5 Å². The lowest BCUT2D eigenvalue weighted by atomic mass is 10.3. The first-order chi connectivity index (χ1) is 9.10. The number of nitrogens with one attached hydrogen (secondary N) is 1. The summed E-state index contributed by atoms with van der Waals surface area (Å²) in [7, 11) is 0. The quantitative estimate of drug-likeness (QED) is 0.782. The van der Waals surface area contributed by atoms with E-state index < -0.39 is 12.0 Å². The van der Waals surface area contributed by atoms with Crippen LogP contribution in [0.25, 0.3) is 0 Å². The summed E-state index contributed by atoms with van der Waals surface area (Å²) >= 11 is 1.36. The van der Waals surface area contributed by atoms with Gasteiger partial charge in [0.25, 0.3) is 0 Å². The van der Waals surface area contributed by atoms with Gasteiger partial charge in [-0.05, 0) is 12.8 Å². The monoisotopic (exact) mass is 281 g/mol. The number of rotatable bonds is 6. The molecular formula is C12H15N3O3S. The Bertz CT molecular complexity index is 496. The molecule has 2 rings (SSSR count). The van der Waals surface area contributed by atoms with E-state index in [1.165, 1.54) is 17.4 Å². The summed E-state index contributed by atoms with van der Waals surface area (Å²) in [5, 5.41) is 13.8. The van der Waals surface area contributed by atoms with Gasteiger partial charge in [-0.1, -0.05) is 6.08 Å².